The van der Waals surface area contributed by atoms with Crippen molar-refractivity contribution in [2.24, 2.45) is 0 Å². The average Bonchev–Trinajstić information content (AvgIpc) is 3.12. The summed E-state index contributed by atoms with van der Waals surface area (Å²) in [5, 5.41) is 4.70. The molecule has 3 rings (SSSR count). The molecule has 0 radical (unpaired) electrons. The summed E-state index contributed by atoms with van der Waals surface area (Å²) < 4.78 is 11.3. The zero-order valence-electron chi connectivity index (χ0n) is 11.8. The van der Waals surface area contributed by atoms with E-state index in [0.29, 0.717) is 0 Å². The van der Waals surface area contributed by atoms with E-state index in [-0.39, 0.29) is 6.04 Å². The van der Waals surface area contributed by atoms with Crippen LogP contribution >= 0.6 is 0 Å². The summed E-state index contributed by atoms with van der Waals surface area (Å²) in [7, 11) is 0. The van der Waals surface area contributed by atoms with Gasteiger partial charge in [-0.1, -0.05) is 25.1 Å². The fraction of sp³-hybridized carbons (Fsp3) is 0.294. The molecule has 1 atom stereocenters. The van der Waals surface area contributed by atoms with Crippen LogP contribution in [0.4, 0.5) is 0 Å². The van der Waals surface area contributed by atoms with Gasteiger partial charge in [-0.05, 0) is 25.1 Å². The predicted octanol–water partition coefficient (Wildman–Crippen LogP) is 4.44. The first-order valence-corrected chi connectivity index (χ1v) is 7.05. The van der Waals surface area contributed by atoms with Crippen molar-refractivity contribution in [1.29, 1.82) is 0 Å². The van der Waals surface area contributed by atoms with Crippen LogP contribution in [-0.4, -0.2) is 0 Å². The predicted molar refractivity (Wildman–Crippen MR) is 79.6 cm³/mol. The van der Waals surface area contributed by atoms with E-state index in [1.165, 1.54) is 10.9 Å². The summed E-state index contributed by atoms with van der Waals surface area (Å²) in [4.78, 5) is 0. The molecule has 0 unspecified atom stereocenters. The molecule has 3 heteroatoms. The summed E-state index contributed by atoms with van der Waals surface area (Å²) in [5.41, 5.74) is 2.22. The van der Waals surface area contributed by atoms with Gasteiger partial charge < -0.3 is 14.2 Å². The first-order valence-electron chi connectivity index (χ1n) is 7.05. The molecule has 0 saturated carbocycles. The van der Waals surface area contributed by atoms with Crippen LogP contribution in [0.25, 0.3) is 11.0 Å². The number of fused-ring (bicyclic) bond motifs is 1. The smallest absolute Gasteiger partial charge is 0.134 e. The van der Waals surface area contributed by atoms with Crippen LogP contribution in [0, 0.1) is 0 Å². The SMILES string of the molecule is CCc1oc2ccccc2c1CN[C@@H](C)c1ccco1. The van der Waals surface area contributed by atoms with Gasteiger partial charge >= 0.3 is 0 Å². The number of hydrogen-bond acceptors (Lipinski definition) is 3. The van der Waals surface area contributed by atoms with Crippen molar-refractivity contribution < 1.29 is 8.83 Å². The van der Waals surface area contributed by atoms with Crippen LogP contribution in [-0.2, 0) is 13.0 Å². The zero-order chi connectivity index (χ0) is 13.9. The Hall–Kier alpha value is -2.00. The molecule has 20 heavy (non-hydrogen) atoms. The molecule has 2 aromatic heterocycles. The van der Waals surface area contributed by atoms with E-state index >= 15 is 0 Å². The Bertz CT molecular complexity index is 682. The highest BCUT2D eigenvalue weighted by molar-refractivity contribution is 5.82. The van der Waals surface area contributed by atoms with Crippen molar-refractivity contribution in [3.05, 3.63) is 59.7 Å². The zero-order valence-corrected chi connectivity index (χ0v) is 11.8. The summed E-state index contributed by atoms with van der Waals surface area (Å²) >= 11 is 0. The molecule has 0 fully saturated rings. The molecule has 3 nitrogen and oxygen atoms in total. The lowest BCUT2D eigenvalue weighted by Gasteiger charge is -2.11. The number of nitrogens with one attached hydrogen (secondary N) is 1. The van der Waals surface area contributed by atoms with E-state index in [4.69, 9.17) is 8.83 Å². The van der Waals surface area contributed by atoms with Crippen LogP contribution in [0.1, 0.15) is 37.0 Å². The van der Waals surface area contributed by atoms with Crippen molar-refractivity contribution in [2.75, 3.05) is 0 Å². The molecule has 3 aromatic rings. The van der Waals surface area contributed by atoms with Gasteiger partial charge in [-0.25, -0.2) is 0 Å². The van der Waals surface area contributed by atoms with Gasteiger partial charge in [0.15, 0.2) is 0 Å². The third-order valence-corrected chi connectivity index (χ3v) is 3.66. The number of hydrogen-bond donors (Lipinski definition) is 1. The molecule has 0 saturated heterocycles. The molecular weight excluding hydrogens is 250 g/mol. The van der Waals surface area contributed by atoms with E-state index in [2.05, 4.69) is 31.3 Å². The Labute approximate surface area is 118 Å². The highest BCUT2D eigenvalue weighted by Crippen LogP contribution is 2.27. The van der Waals surface area contributed by atoms with Crippen LogP contribution in [0.2, 0.25) is 0 Å². The third-order valence-electron chi connectivity index (χ3n) is 3.66. The van der Waals surface area contributed by atoms with E-state index in [1.807, 2.05) is 24.3 Å². The normalized spacial score (nSPS) is 12.9. The highest BCUT2D eigenvalue weighted by atomic mass is 16.3. The van der Waals surface area contributed by atoms with Gasteiger partial charge in [-0.2, -0.15) is 0 Å². The van der Waals surface area contributed by atoms with Gasteiger partial charge in [-0.15, -0.1) is 0 Å². The summed E-state index contributed by atoms with van der Waals surface area (Å²) in [6.07, 6.45) is 2.61. The van der Waals surface area contributed by atoms with E-state index in [9.17, 15) is 0 Å². The second-order valence-electron chi connectivity index (χ2n) is 4.97. The standard InChI is InChI=1S/C17H19NO2/c1-3-15-14(13-7-4-5-8-17(13)20-15)11-18-12(2)16-9-6-10-19-16/h4-10,12,18H,3,11H2,1-2H3/t12-/m0/s1. The maximum Gasteiger partial charge on any atom is 0.134 e. The van der Waals surface area contributed by atoms with Crippen molar-refractivity contribution in [3.8, 4) is 0 Å². The van der Waals surface area contributed by atoms with Gasteiger partial charge in [0.1, 0.15) is 17.1 Å². The first-order chi connectivity index (χ1) is 9.79. The maximum atomic E-state index is 5.91. The Morgan fingerprint density at radius 1 is 1.15 bits per heavy atom. The monoisotopic (exact) mass is 269 g/mol. The van der Waals surface area contributed by atoms with Gasteiger partial charge in [0.25, 0.3) is 0 Å². The lowest BCUT2D eigenvalue weighted by Crippen LogP contribution is -2.18. The van der Waals surface area contributed by atoms with E-state index in [1.54, 1.807) is 6.26 Å². The minimum atomic E-state index is 0.184. The molecule has 1 N–H and O–H groups in total. The average molecular weight is 269 g/mol. The fourth-order valence-electron chi connectivity index (χ4n) is 2.52. The van der Waals surface area contributed by atoms with Gasteiger partial charge in [0.2, 0.25) is 0 Å². The molecule has 1 aromatic carbocycles. The molecule has 104 valence electrons. The molecular formula is C17H19NO2. The molecule has 0 amide bonds. The second kappa shape index (κ2) is 5.55. The first kappa shape index (κ1) is 13.0. The van der Waals surface area contributed by atoms with Crippen molar-refractivity contribution in [2.45, 2.75) is 32.9 Å². The highest BCUT2D eigenvalue weighted by Gasteiger charge is 2.14. The molecule has 2 heterocycles. The number of furan rings is 2. The third kappa shape index (κ3) is 2.37. The topological polar surface area (TPSA) is 38.3 Å². The van der Waals surface area contributed by atoms with Crippen LogP contribution in [0.15, 0.2) is 51.5 Å². The summed E-state index contributed by atoms with van der Waals surface area (Å²) in [5.74, 6) is 2.01. The number of benzene rings is 1. The molecule has 0 spiro atoms. The second-order valence-corrected chi connectivity index (χ2v) is 4.97. The lowest BCUT2D eigenvalue weighted by molar-refractivity contribution is 0.428. The van der Waals surface area contributed by atoms with Gasteiger partial charge in [0.05, 0.1) is 12.3 Å². The fourth-order valence-corrected chi connectivity index (χ4v) is 2.52. The van der Waals surface area contributed by atoms with Crippen LogP contribution in [0.3, 0.4) is 0 Å². The van der Waals surface area contributed by atoms with E-state index < -0.39 is 0 Å². The largest absolute Gasteiger partial charge is 0.468 e. The number of para-hydroxylation sites is 1. The van der Waals surface area contributed by atoms with E-state index in [0.717, 1.165) is 30.1 Å². The molecule has 0 bridgehead atoms. The van der Waals surface area contributed by atoms with Crippen molar-refractivity contribution in [1.82, 2.24) is 5.32 Å². The molecule has 0 aliphatic heterocycles. The van der Waals surface area contributed by atoms with Gasteiger partial charge in [-0.3, -0.25) is 0 Å². The van der Waals surface area contributed by atoms with Crippen molar-refractivity contribution >= 4 is 11.0 Å². The minimum Gasteiger partial charge on any atom is -0.468 e. The Balaban J connectivity index is 1.83. The summed E-state index contributed by atoms with van der Waals surface area (Å²) in [6, 6.07) is 12.3. The van der Waals surface area contributed by atoms with Crippen molar-refractivity contribution in [3.63, 3.8) is 0 Å². The van der Waals surface area contributed by atoms with Gasteiger partial charge in [0, 0.05) is 23.9 Å². The minimum absolute atomic E-state index is 0.184. The quantitative estimate of drug-likeness (QED) is 0.744. The molecule has 0 aliphatic carbocycles. The van der Waals surface area contributed by atoms with Crippen LogP contribution in [0.5, 0.6) is 0 Å². The lowest BCUT2D eigenvalue weighted by atomic mass is 10.1. The Morgan fingerprint density at radius 2 is 2.00 bits per heavy atom. The maximum absolute atomic E-state index is 5.91. The Morgan fingerprint density at radius 3 is 2.75 bits per heavy atom. The van der Waals surface area contributed by atoms with Crippen LogP contribution < -0.4 is 5.32 Å². The summed E-state index contributed by atoms with van der Waals surface area (Å²) in [6.45, 7) is 5.01. The number of rotatable bonds is 5. The molecule has 0 aliphatic rings. The number of aryl methyl sites for hydroxylation is 1. The Kier molecular flexibility index (Phi) is 3.61.